The molecule has 0 bridgehead atoms. The predicted molar refractivity (Wildman–Crippen MR) is 81.8 cm³/mol. The lowest BCUT2D eigenvalue weighted by atomic mass is 10.0. The minimum Gasteiger partial charge on any atom is -0.497 e. The average molecular weight is 289 g/mol. The van der Waals surface area contributed by atoms with E-state index in [4.69, 9.17) is 9.47 Å². The van der Waals surface area contributed by atoms with Crippen LogP contribution in [0.1, 0.15) is 16.9 Å². The van der Waals surface area contributed by atoms with E-state index >= 15 is 0 Å². The van der Waals surface area contributed by atoms with Gasteiger partial charge in [0.1, 0.15) is 17.6 Å². The second kappa shape index (κ2) is 6.29. The molecule has 20 heavy (non-hydrogen) atoms. The highest BCUT2D eigenvalue weighted by Gasteiger charge is 2.19. The van der Waals surface area contributed by atoms with E-state index in [-0.39, 0.29) is 6.10 Å². The van der Waals surface area contributed by atoms with Gasteiger partial charge in [-0.15, -0.1) is 11.3 Å². The van der Waals surface area contributed by atoms with Crippen LogP contribution in [0.5, 0.6) is 11.5 Å². The summed E-state index contributed by atoms with van der Waals surface area (Å²) in [5.41, 5.74) is 1.28. The summed E-state index contributed by atoms with van der Waals surface area (Å²) in [7, 11) is 1.69. The number of thiophene rings is 1. The molecule has 1 atom stereocenters. The Balaban J connectivity index is 1.55. The van der Waals surface area contributed by atoms with Crippen molar-refractivity contribution < 1.29 is 9.47 Å². The van der Waals surface area contributed by atoms with Gasteiger partial charge in [0.15, 0.2) is 0 Å². The van der Waals surface area contributed by atoms with E-state index in [0.29, 0.717) is 0 Å². The number of aryl methyl sites for hydroxylation is 1. The van der Waals surface area contributed by atoms with Gasteiger partial charge in [0.2, 0.25) is 0 Å². The zero-order valence-corrected chi connectivity index (χ0v) is 12.4. The zero-order valence-electron chi connectivity index (χ0n) is 11.6. The van der Waals surface area contributed by atoms with E-state index < -0.39 is 0 Å². The van der Waals surface area contributed by atoms with Crippen molar-refractivity contribution in [1.82, 2.24) is 5.32 Å². The molecule has 4 heteroatoms. The third-order valence-corrected chi connectivity index (χ3v) is 4.43. The van der Waals surface area contributed by atoms with Gasteiger partial charge in [0.05, 0.1) is 7.11 Å². The Kier molecular flexibility index (Phi) is 4.23. The van der Waals surface area contributed by atoms with E-state index in [1.54, 1.807) is 18.4 Å². The zero-order chi connectivity index (χ0) is 13.8. The molecule has 0 fully saturated rings. The first-order valence-corrected chi connectivity index (χ1v) is 7.80. The number of hydrogen-bond acceptors (Lipinski definition) is 4. The summed E-state index contributed by atoms with van der Waals surface area (Å²) in [6, 6.07) is 10.3. The summed E-state index contributed by atoms with van der Waals surface area (Å²) in [6.07, 6.45) is 2.39. The SMILES string of the molecule is COc1ccc2c(c1)OC(CNCc1cccs1)CC2. The van der Waals surface area contributed by atoms with Crippen molar-refractivity contribution in [3.63, 3.8) is 0 Å². The molecule has 0 aliphatic carbocycles. The summed E-state index contributed by atoms with van der Waals surface area (Å²) < 4.78 is 11.3. The molecule has 0 saturated carbocycles. The first-order chi connectivity index (χ1) is 9.85. The van der Waals surface area contributed by atoms with Crippen LogP contribution in [-0.4, -0.2) is 19.8 Å². The smallest absolute Gasteiger partial charge is 0.126 e. The molecule has 0 saturated heterocycles. The van der Waals surface area contributed by atoms with Gasteiger partial charge in [0.25, 0.3) is 0 Å². The Bertz CT molecular complexity index is 554. The monoisotopic (exact) mass is 289 g/mol. The molecule has 1 unspecified atom stereocenters. The molecular weight excluding hydrogens is 270 g/mol. The Labute approximate surface area is 123 Å². The van der Waals surface area contributed by atoms with Gasteiger partial charge in [-0.05, 0) is 35.9 Å². The quantitative estimate of drug-likeness (QED) is 0.916. The first-order valence-electron chi connectivity index (χ1n) is 6.92. The first kappa shape index (κ1) is 13.5. The maximum Gasteiger partial charge on any atom is 0.126 e. The number of rotatable bonds is 5. The Morgan fingerprint density at radius 3 is 3.15 bits per heavy atom. The summed E-state index contributed by atoms with van der Waals surface area (Å²) in [4.78, 5) is 1.36. The molecule has 1 aliphatic heterocycles. The number of ether oxygens (including phenoxy) is 2. The summed E-state index contributed by atoms with van der Waals surface area (Å²) in [6.45, 7) is 1.80. The van der Waals surface area contributed by atoms with Gasteiger partial charge in [-0.2, -0.15) is 0 Å². The van der Waals surface area contributed by atoms with Crippen molar-refractivity contribution in [2.24, 2.45) is 0 Å². The van der Waals surface area contributed by atoms with Crippen molar-refractivity contribution in [3.8, 4) is 11.5 Å². The van der Waals surface area contributed by atoms with Crippen molar-refractivity contribution in [2.45, 2.75) is 25.5 Å². The van der Waals surface area contributed by atoms with E-state index in [1.165, 1.54) is 10.4 Å². The number of nitrogens with one attached hydrogen (secondary N) is 1. The maximum atomic E-state index is 6.05. The fraction of sp³-hybridized carbons (Fsp3) is 0.375. The molecule has 2 aromatic rings. The third-order valence-electron chi connectivity index (χ3n) is 3.55. The lowest BCUT2D eigenvalue weighted by molar-refractivity contribution is 0.169. The second-order valence-electron chi connectivity index (χ2n) is 4.96. The molecule has 0 radical (unpaired) electrons. The van der Waals surface area contributed by atoms with E-state index in [9.17, 15) is 0 Å². The number of methoxy groups -OCH3 is 1. The molecule has 106 valence electrons. The molecule has 3 nitrogen and oxygen atoms in total. The standard InChI is InChI=1S/C16H19NO2S/c1-18-13-6-4-12-5-7-14(19-16(12)9-13)10-17-11-15-3-2-8-20-15/h2-4,6,8-9,14,17H,5,7,10-11H2,1H3. The maximum absolute atomic E-state index is 6.05. The molecular formula is C16H19NO2S. The largest absolute Gasteiger partial charge is 0.497 e. The number of hydrogen-bond donors (Lipinski definition) is 1. The molecule has 1 aromatic heterocycles. The van der Waals surface area contributed by atoms with Gasteiger partial charge in [-0.1, -0.05) is 12.1 Å². The Morgan fingerprint density at radius 1 is 1.40 bits per heavy atom. The summed E-state index contributed by atoms with van der Waals surface area (Å²) >= 11 is 1.78. The Morgan fingerprint density at radius 2 is 2.35 bits per heavy atom. The van der Waals surface area contributed by atoms with Crippen LogP contribution in [0.2, 0.25) is 0 Å². The molecule has 2 heterocycles. The minimum absolute atomic E-state index is 0.245. The third kappa shape index (κ3) is 3.14. The minimum atomic E-state index is 0.245. The highest BCUT2D eigenvalue weighted by Crippen LogP contribution is 2.31. The van der Waals surface area contributed by atoms with Crippen LogP contribution in [0.3, 0.4) is 0 Å². The van der Waals surface area contributed by atoms with Crippen LogP contribution in [0.15, 0.2) is 35.7 Å². The predicted octanol–water partition coefficient (Wildman–Crippen LogP) is 3.24. The summed E-state index contributed by atoms with van der Waals surface area (Å²) in [5.74, 6) is 1.83. The Hall–Kier alpha value is -1.52. The normalized spacial score (nSPS) is 17.4. The van der Waals surface area contributed by atoms with Crippen molar-refractivity contribution >= 4 is 11.3 Å². The topological polar surface area (TPSA) is 30.5 Å². The lowest BCUT2D eigenvalue weighted by Gasteiger charge is -2.26. The van der Waals surface area contributed by atoms with Gasteiger partial charge in [-0.25, -0.2) is 0 Å². The van der Waals surface area contributed by atoms with Crippen LogP contribution in [0.4, 0.5) is 0 Å². The van der Waals surface area contributed by atoms with E-state index in [1.807, 2.05) is 12.1 Å². The molecule has 1 N–H and O–H groups in total. The second-order valence-corrected chi connectivity index (χ2v) is 5.99. The van der Waals surface area contributed by atoms with E-state index in [2.05, 4.69) is 28.9 Å². The average Bonchev–Trinajstić information content (AvgIpc) is 3.00. The molecule has 0 amide bonds. The molecule has 3 rings (SSSR count). The number of fused-ring (bicyclic) bond motifs is 1. The lowest BCUT2D eigenvalue weighted by Crippen LogP contribution is -2.33. The van der Waals surface area contributed by atoms with Gasteiger partial charge < -0.3 is 14.8 Å². The summed E-state index contributed by atoms with van der Waals surface area (Å²) in [5, 5.41) is 5.58. The highest BCUT2D eigenvalue weighted by atomic mass is 32.1. The fourth-order valence-electron chi connectivity index (χ4n) is 2.45. The van der Waals surface area contributed by atoms with Crippen LogP contribution < -0.4 is 14.8 Å². The molecule has 0 spiro atoms. The van der Waals surface area contributed by atoms with Crippen molar-refractivity contribution in [3.05, 3.63) is 46.2 Å². The van der Waals surface area contributed by atoms with Crippen molar-refractivity contribution in [2.75, 3.05) is 13.7 Å². The molecule has 1 aromatic carbocycles. The number of benzene rings is 1. The fourth-order valence-corrected chi connectivity index (χ4v) is 3.12. The van der Waals surface area contributed by atoms with Crippen LogP contribution >= 0.6 is 11.3 Å². The van der Waals surface area contributed by atoms with Gasteiger partial charge >= 0.3 is 0 Å². The van der Waals surface area contributed by atoms with Crippen LogP contribution in [-0.2, 0) is 13.0 Å². The molecule has 1 aliphatic rings. The van der Waals surface area contributed by atoms with Gasteiger partial charge in [0, 0.05) is 24.0 Å². The van der Waals surface area contributed by atoms with E-state index in [0.717, 1.165) is 37.4 Å². The van der Waals surface area contributed by atoms with Crippen LogP contribution in [0, 0.1) is 0 Å². The van der Waals surface area contributed by atoms with Crippen LogP contribution in [0.25, 0.3) is 0 Å². The highest BCUT2D eigenvalue weighted by molar-refractivity contribution is 7.09. The van der Waals surface area contributed by atoms with Crippen molar-refractivity contribution in [1.29, 1.82) is 0 Å². The van der Waals surface area contributed by atoms with Gasteiger partial charge in [-0.3, -0.25) is 0 Å².